The second-order valence-corrected chi connectivity index (χ2v) is 6.54. The fourth-order valence-corrected chi connectivity index (χ4v) is 0. The fourth-order valence-electron chi connectivity index (χ4n) is 0. The van der Waals surface area contributed by atoms with Gasteiger partial charge in [-0.2, -0.15) is 0 Å². The molecule has 0 aliphatic heterocycles. The van der Waals surface area contributed by atoms with Gasteiger partial charge >= 0.3 is 0 Å². The minimum Gasteiger partial charge on any atom is -0.312 e. The zero-order valence-corrected chi connectivity index (χ0v) is 8.18. The molecule has 0 aliphatic carbocycles. The first-order valence-corrected chi connectivity index (χ1v) is 6.54. The van der Waals surface area contributed by atoms with Crippen LogP contribution in [0.2, 0.25) is 17.4 Å². The molecule has 0 N–H and O–H groups in total. The molecule has 0 aliphatic rings. The van der Waals surface area contributed by atoms with Gasteiger partial charge in [0.05, 0.1) is 0 Å². The van der Waals surface area contributed by atoms with Crippen LogP contribution in [-0.2, 0) is 0 Å². The summed E-state index contributed by atoms with van der Waals surface area (Å²) in [4.78, 5) is 2.00. The van der Waals surface area contributed by atoms with Crippen molar-refractivity contribution in [1.29, 1.82) is 0 Å². The van der Waals surface area contributed by atoms with E-state index >= 15 is 0 Å². The zero-order chi connectivity index (χ0) is 7.15. The summed E-state index contributed by atoms with van der Waals surface area (Å²) < 4.78 is 0. The van der Waals surface area contributed by atoms with Gasteiger partial charge in [0, 0.05) is 0 Å². The molecule has 0 amide bonds. The summed E-state index contributed by atoms with van der Waals surface area (Å²) in [5.74, 6) is 6.92. The van der Waals surface area contributed by atoms with E-state index in [0.29, 0.717) is 0 Å². The highest BCUT2D eigenvalue weighted by atomic mass is 27.2. The molecule has 0 bridgehead atoms. The molecule has 0 heterocycles. The van der Waals surface area contributed by atoms with Crippen LogP contribution in [-0.4, -0.2) is 40.2 Å². The molecule has 0 saturated carbocycles. The van der Waals surface area contributed by atoms with Gasteiger partial charge in [0.1, 0.15) is 0 Å². The Balaban J connectivity index is 0. The van der Waals surface area contributed by atoms with E-state index in [1.165, 1.54) is 0 Å². The third-order valence-electron chi connectivity index (χ3n) is 0. The van der Waals surface area contributed by atoms with E-state index in [4.69, 9.17) is 0 Å². The van der Waals surface area contributed by atoms with Crippen LogP contribution in [0.15, 0.2) is 0 Å². The van der Waals surface area contributed by atoms with Crippen molar-refractivity contribution in [2.24, 2.45) is 0 Å². The van der Waals surface area contributed by atoms with Gasteiger partial charge in [0.2, 0.25) is 0 Å². The van der Waals surface area contributed by atoms with Crippen molar-refractivity contribution < 1.29 is 0 Å². The predicted octanol–water partition coefficient (Wildman–Crippen LogP) is 1.55. The molecule has 0 atom stereocenters. The number of hydrogen-bond donors (Lipinski definition) is 0. The van der Waals surface area contributed by atoms with E-state index in [9.17, 15) is 0 Å². The summed E-state index contributed by atoms with van der Waals surface area (Å²) in [7, 11) is 6.00. The maximum Gasteiger partial charge on any atom is 0.251 e. The smallest absolute Gasteiger partial charge is 0.251 e. The van der Waals surface area contributed by atoms with E-state index in [-0.39, 0.29) is 14.1 Å². The monoisotopic (exact) mass is 131 g/mol. The molecule has 0 fully saturated rings. The van der Waals surface area contributed by atoms with Crippen molar-refractivity contribution >= 4 is 14.1 Å². The van der Waals surface area contributed by atoms with Crippen LogP contribution in [0, 0.1) is 0 Å². The van der Waals surface area contributed by atoms with Crippen LogP contribution in [0.1, 0.15) is 0 Å². The predicted molar refractivity (Wildman–Crippen MR) is 43.0 cm³/mol. The van der Waals surface area contributed by atoms with Gasteiger partial charge in [-0.05, 0) is 21.1 Å². The van der Waals surface area contributed by atoms with Crippen LogP contribution >= 0.6 is 0 Å². The first-order chi connectivity index (χ1) is 3.46. The van der Waals surface area contributed by atoms with E-state index < -0.39 is 0 Å². The Morgan fingerprint density at radius 2 is 0.875 bits per heavy atom. The molecule has 0 radical (unpaired) electrons. The highest BCUT2D eigenvalue weighted by Gasteiger charge is 1.81. The second kappa shape index (κ2) is 7.49. The summed E-state index contributed by atoms with van der Waals surface area (Å²) in [5.41, 5.74) is 0. The SMILES string of the molecule is CN(C)C.[CH3][Al]([CH3])[CH3]. The second-order valence-electron chi connectivity index (χ2n) is 3.07. The molecule has 0 aromatic rings. The molecule has 0 unspecified atom stereocenters. The van der Waals surface area contributed by atoms with E-state index in [1.807, 2.05) is 26.0 Å². The topological polar surface area (TPSA) is 3.24 Å². The Labute approximate surface area is 58.1 Å². The summed E-state index contributed by atoms with van der Waals surface area (Å²) in [6.45, 7) is 0. The molecule has 0 aromatic heterocycles. The molecule has 0 aromatic carbocycles. The average Bonchev–Trinajstić information content (AvgIpc) is 1.25. The van der Waals surface area contributed by atoms with Gasteiger partial charge in [-0.1, -0.05) is 0 Å². The summed E-state index contributed by atoms with van der Waals surface area (Å²) >= 11 is -0.139. The van der Waals surface area contributed by atoms with Gasteiger partial charge in [0.25, 0.3) is 14.1 Å². The van der Waals surface area contributed by atoms with Gasteiger partial charge in [0.15, 0.2) is 0 Å². The quantitative estimate of drug-likeness (QED) is 0.451. The molecular weight excluding hydrogens is 113 g/mol. The van der Waals surface area contributed by atoms with E-state index in [1.54, 1.807) is 0 Å². The average molecular weight is 131 g/mol. The molecule has 1 nitrogen and oxygen atoms in total. The summed E-state index contributed by atoms with van der Waals surface area (Å²) in [6, 6.07) is 0. The Morgan fingerprint density at radius 1 is 0.875 bits per heavy atom. The molecule has 0 rings (SSSR count). The lowest BCUT2D eigenvalue weighted by Gasteiger charge is -1.90. The standard InChI is InChI=1S/C3H9N.3CH3.Al/c1-4(2)3;;;;/h1-3H3;3*1H3;. The van der Waals surface area contributed by atoms with Crippen LogP contribution in [0.4, 0.5) is 0 Å². The van der Waals surface area contributed by atoms with Crippen LogP contribution in [0.5, 0.6) is 0 Å². The zero-order valence-electron chi connectivity index (χ0n) is 7.02. The summed E-state index contributed by atoms with van der Waals surface area (Å²) in [6.07, 6.45) is 0. The van der Waals surface area contributed by atoms with Crippen molar-refractivity contribution in [3.8, 4) is 0 Å². The maximum absolute atomic E-state index is 2.31. The van der Waals surface area contributed by atoms with Gasteiger partial charge in [-0.25, -0.2) is 0 Å². The van der Waals surface area contributed by atoms with Gasteiger partial charge < -0.3 is 4.90 Å². The number of hydrogen-bond acceptors (Lipinski definition) is 1. The van der Waals surface area contributed by atoms with Crippen molar-refractivity contribution in [1.82, 2.24) is 4.90 Å². The Morgan fingerprint density at radius 3 is 0.875 bits per heavy atom. The van der Waals surface area contributed by atoms with Crippen LogP contribution in [0.3, 0.4) is 0 Å². The van der Waals surface area contributed by atoms with Crippen molar-refractivity contribution in [3.05, 3.63) is 0 Å². The highest BCUT2D eigenvalue weighted by Crippen LogP contribution is 1.68. The molecular formula is C6H18AlN. The van der Waals surface area contributed by atoms with Crippen LogP contribution < -0.4 is 0 Å². The maximum atomic E-state index is 2.31. The van der Waals surface area contributed by atoms with E-state index in [2.05, 4.69) is 17.4 Å². The normalized spacial score (nSPS) is 7.88. The van der Waals surface area contributed by atoms with Crippen molar-refractivity contribution in [2.75, 3.05) is 21.1 Å². The lowest BCUT2D eigenvalue weighted by Crippen LogP contribution is -1.99. The molecule has 8 heavy (non-hydrogen) atoms. The molecule has 0 spiro atoms. The lowest BCUT2D eigenvalue weighted by molar-refractivity contribution is 0.505. The minimum atomic E-state index is -0.139. The van der Waals surface area contributed by atoms with Gasteiger partial charge in [-0.3, -0.25) is 0 Å². The van der Waals surface area contributed by atoms with E-state index in [0.717, 1.165) is 0 Å². The third kappa shape index (κ3) is 808. The van der Waals surface area contributed by atoms with Crippen molar-refractivity contribution in [3.63, 3.8) is 0 Å². The first-order valence-electron chi connectivity index (χ1n) is 3.07. The largest absolute Gasteiger partial charge is 0.312 e. The molecule has 0 saturated heterocycles. The van der Waals surface area contributed by atoms with Crippen LogP contribution in [0.25, 0.3) is 0 Å². The minimum absolute atomic E-state index is 0.139. The summed E-state index contributed by atoms with van der Waals surface area (Å²) in [5, 5.41) is 0. The Kier molecular flexibility index (Phi) is 10.6. The molecule has 50 valence electrons. The Bertz CT molecular complexity index is 24.0. The lowest BCUT2D eigenvalue weighted by atomic mass is 11.0. The number of rotatable bonds is 0. The Hall–Kier alpha value is 0.492. The first kappa shape index (κ1) is 11.3. The third-order valence-corrected chi connectivity index (χ3v) is 0. The van der Waals surface area contributed by atoms with Gasteiger partial charge in [-0.15, -0.1) is 17.4 Å². The fraction of sp³-hybridized carbons (Fsp3) is 1.00. The van der Waals surface area contributed by atoms with Crippen molar-refractivity contribution in [2.45, 2.75) is 17.4 Å². The number of nitrogens with zero attached hydrogens (tertiary/aromatic N) is 1. The molecule has 2 heteroatoms. The highest BCUT2D eigenvalue weighted by molar-refractivity contribution is 6.54.